The number of ketones is 1. The third kappa shape index (κ3) is 9.48. The van der Waals surface area contributed by atoms with Gasteiger partial charge in [-0.1, -0.05) is 55.6 Å². The molecule has 0 unspecified atom stereocenters. The monoisotopic (exact) mass is 572 g/mol. The Morgan fingerprint density at radius 2 is 1.73 bits per heavy atom. The SMILES string of the molecule is CCC1CCC(C(=O)Nc2ccc(C)c(OC)c2)CC1.CCCCNc1cc(Br)c(CC)c(C(C)=O)c1. The Kier molecular flexibility index (Phi) is 13.2. The number of halogens is 1. The fourth-order valence-electron chi connectivity index (χ4n) is 4.80. The van der Waals surface area contributed by atoms with E-state index in [4.69, 9.17) is 4.74 Å². The largest absolute Gasteiger partial charge is 0.496 e. The highest BCUT2D eigenvalue weighted by atomic mass is 79.9. The molecule has 0 bridgehead atoms. The predicted octanol–water partition coefficient (Wildman–Crippen LogP) is 8.58. The number of aryl methyl sites for hydroxylation is 1. The molecule has 0 spiro atoms. The summed E-state index contributed by atoms with van der Waals surface area (Å²) in [7, 11) is 1.65. The summed E-state index contributed by atoms with van der Waals surface area (Å²) in [6, 6.07) is 9.82. The van der Waals surface area contributed by atoms with Crippen LogP contribution in [0.15, 0.2) is 34.8 Å². The second-order valence-electron chi connectivity index (χ2n) is 9.97. The van der Waals surface area contributed by atoms with Gasteiger partial charge >= 0.3 is 0 Å². The second kappa shape index (κ2) is 15.8. The van der Waals surface area contributed by atoms with Gasteiger partial charge in [0.2, 0.25) is 5.91 Å². The number of nitrogens with one attached hydrogen (secondary N) is 2. The highest BCUT2D eigenvalue weighted by Gasteiger charge is 2.25. The number of carbonyl (C=O) groups is 2. The molecule has 6 heteroatoms. The van der Waals surface area contributed by atoms with Crippen molar-refractivity contribution >= 4 is 39.0 Å². The second-order valence-corrected chi connectivity index (χ2v) is 10.8. The number of carbonyl (C=O) groups excluding carboxylic acids is 2. The van der Waals surface area contributed by atoms with Gasteiger partial charge in [0.1, 0.15) is 5.75 Å². The highest BCUT2D eigenvalue weighted by Crippen LogP contribution is 2.32. The van der Waals surface area contributed by atoms with Crippen molar-refractivity contribution in [1.29, 1.82) is 0 Å². The molecule has 0 atom stereocenters. The average Bonchev–Trinajstić information content (AvgIpc) is 2.90. The van der Waals surface area contributed by atoms with E-state index in [0.717, 1.165) is 76.4 Å². The summed E-state index contributed by atoms with van der Waals surface area (Å²) in [5, 5.41) is 6.38. The fraction of sp³-hybridized carbons (Fsp3) is 0.548. The number of rotatable bonds is 10. The molecular formula is C31H45BrN2O3. The maximum absolute atomic E-state index is 12.3. The summed E-state index contributed by atoms with van der Waals surface area (Å²) < 4.78 is 6.31. The van der Waals surface area contributed by atoms with Gasteiger partial charge in [-0.2, -0.15) is 0 Å². The lowest BCUT2D eigenvalue weighted by Gasteiger charge is -2.27. The van der Waals surface area contributed by atoms with Gasteiger partial charge < -0.3 is 15.4 Å². The predicted molar refractivity (Wildman–Crippen MR) is 159 cm³/mol. The van der Waals surface area contributed by atoms with Crippen LogP contribution < -0.4 is 15.4 Å². The molecule has 2 aromatic carbocycles. The van der Waals surface area contributed by atoms with Crippen LogP contribution in [0.3, 0.4) is 0 Å². The zero-order valence-electron chi connectivity index (χ0n) is 23.5. The minimum absolute atomic E-state index is 0.127. The van der Waals surface area contributed by atoms with Crippen LogP contribution in [0.5, 0.6) is 5.75 Å². The molecule has 0 heterocycles. The molecule has 3 rings (SSSR count). The van der Waals surface area contributed by atoms with Crippen LogP contribution in [0.2, 0.25) is 0 Å². The topological polar surface area (TPSA) is 67.4 Å². The van der Waals surface area contributed by atoms with Gasteiger partial charge in [-0.3, -0.25) is 9.59 Å². The zero-order valence-corrected chi connectivity index (χ0v) is 25.1. The van der Waals surface area contributed by atoms with Crippen molar-refractivity contribution in [2.45, 2.75) is 86.0 Å². The zero-order chi connectivity index (χ0) is 27.4. The quantitative estimate of drug-likeness (QED) is 0.221. The summed E-state index contributed by atoms with van der Waals surface area (Å²) in [5.74, 6) is 2.09. The highest BCUT2D eigenvalue weighted by molar-refractivity contribution is 9.10. The number of benzene rings is 2. The maximum Gasteiger partial charge on any atom is 0.227 e. The van der Waals surface area contributed by atoms with Crippen molar-refractivity contribution in [2.75, 3.05) is 24.3 Å². The van der Waals surface area contributed by atoms with E-state index in [1.165, 1.54) is 25.7 Å². The summed E-state index contributed by atoms with van der Waals surface area (Å²) in [6.45, 7) is 11.0. The molecule has 0 saturated heterocycles. The number of anilines is 2. The van der Waals surface area contributed by atoms with E-state index < -0.39 is 0 Å². The number of hydrogen-bond acceptors (Lipinski definition) is 4. The summed E-state index contributed by atoms with van der Waals surface area (Å²) in [6.07, 6.45) is 8.83. The molecule has 1 fully saturated rings. The third-order valence-electron chi connectivity index (χ3n) is 7.26. The van der Waals surface area contributed by atoms with E-state index >= 15 is 0 Å². The number of unbranched alkanes of at least 4 members (excludes halogenated alkanes) is 1. The molecule has 0 aliphatic heterocycles. The van der Waals surface area contributed by atoms with Crippen molar-refractivity contribution in [3.63, 3.8) is 0 Å². The minimum Gasteiger partial charge on any atom is -0.496 e. The average molecular weight is 574 g/mol. The maximum atomic E-state index is 12.3. The molecule has 2 aromatic rings. The van der Waals surface area contributed by atoms with Crippen LogP contribution in [0.25, 0.3) is 0 Å². The van der Waals surface area contributed by atoms with Crippen molar-refractivity contribution in [3.8, 4) is 5.75 Å². The lowest BCUT2D eigenvalue weighted by molar-refractivity contribution is -0.121. The van der Waals surface area contributed by atoms with Crippen LogP contribution in [0, 0.1) is 18.8 Å². The number of amides is 1. The molecule has 1 amide bonds. The summed E-state index contributed by atoms with van der Waals surface area (Å²) in [4.78, 5) is 23.9. The summed E-state index contributed by atoms with van der Waals surface area (Å²) >= 11 is 3.54. The molecule has 1 aliphatic rings. The lowest BCUT2D eigenvalue weighted by atomic mass is 9.80. The van der Waals surface area contributed by atoms with Crippen molar-refractivity contribution in [3.05, 3.63) is 51.5 Å². The van der Waals surface area contributed by atoms with Crippen LogP contribution in [0.1, 0.15) is 94.1 Å². The van der Waals surface area contributed by atoms with Gasteiger partial charge in [0.05, 0.1) is 7.11 Å². The van der Waals surface area contributed by atoms with Gasteiger partial charge in [-0.25, -0.2) is 0 Å². The van der Waals surface area contributed by atoms with E-state index in [9.17, 15) is 9.59 Å². The molecule has 1 aliphatic carbocycles. The first-order chi connectivity index (χ1) is 17.7. The van der Waals surface area contributed by atoms with E-state index in [2.05, 4.69) is 53.4 Å². The number of hydrogen-bond donors (Lipinski definition) is 2. The van der Waals surface area contributed by atoms with Gasteiger partial charge in [0.15, 0.2) is 5.78 Å². The molecule has 204 valence electrons. The van der Waals surface area contributed by atoms with Crippen LogP contribution >= 0.6 is 15.9 Å². The first-order valence-electron chi connectivity index (χ1n) is 13.8. The van der Waals surface area contributed by atoms with Crippen LogP contribution in [-0.4, -0.2) is 25.3 Å². The van der Waals surface area contributed by atoms with E-state index in [1.54, 1.807) is 14.0 Å². The molecule has 5 nitrogen and oxygen atoms in total. The smallest absolute Gasteiger partial charge is 0.227 e. The van der Waals surface area contributed by atoms with Gasteiger partial charge in [0.25, 0.3) is 0 Å². The Bertz CT molecular complexity index is 1030. The van der Waals surface area contributed by atoms with Gasteiger partial charge in [-0.15, -0.1) is 0 Å². The van der Waals surface area contributed by atoms with Crippen LogP contribution in [-0.2, 0) is 11.2 Å². The molecule has 37 heavy (non-hydrogen) atoms. The van der Waals surface area contributed by atoms with Gasteiger partial charge in [0, 0.05) is 39.9 Å². The standard InChI is InChI=1S/C17H25NO2.C14H20BrNO/c1-4-13-6-8-14(9-7-13)17(19)18-15-10-5-12(2)16(11-15)20-3;1-4-6-7-16-11-8-13(10(3)17)12(5-2)14(15)9-11/h5,10-11,13-14H,4,6-9H2,1-3H3,(H,18,19);8-9,16H,4-7H2,1-3H3. The Hall–Kier alpha value is -2.34. The number of methoxy groups -OCH3 is 1. The van der Waals surface area contributed by atoms with E-state index in [0.29, 0.717) is 0 Å². The van der Waals surface area contributed by atoms with Gasteiger partial charge in [-0.05, 0) is 87.6 Å². The third-order valence-corrected chi connectivity index (χ3v) is 7.97. The first-order valence-corrected chi connectivity index (χ1v) is 14.6. The Morgan fingerprint density at radius 3 is 2.30 bits per heavy atom. The van der Waals surface area contributed by atoms with Crippen LogP contribution in [0.4, 0.5) is 11.4 Å². The van der Waals surface area contributed by atoms with Crippen molar-refractivity contribution < 1.29 is 14.3 Å². The first kappa shape index (κ1) is 30.9. The summed E-state index contributed by atoms with van der Waals surface area (Å²) in [5.41, 5.74) is 4.84. The van der Waals surface area contributed by atoms with Crippen molar-refractivity contribution in [2.24, 2.45) is 11.8 Å². The normalized spacial score (nSPS) is 16.8. The van der Waals surface area contributed by atoms with Crippen molar-refractivity contribution in [1.82, 2.24) is 0 Å². The Morgan fingerprint density at radius 1 is 1.03 bits per heavy atom. The molecular weight excluding hydrogens is 528 g/mol. The number of Topliss-reactive ketones (excluding diaryl/α,β-unsaturated/α-hetero) is 1. The number of ether oxygens (including phenoxy) is 1. The fourth-order valence-corrected chi connectivity index (χ4v) is 5.54. The molecule has 2 N–H and O–H groups in total. The van der Waals surface area contributed by atoms with E-state index in [1.807, 2.05) is 31.2 Å². The molecule has 0 aromatic heterocycles. The Balaban J connectivity index is 0.000000264. The van der Waals surface area contributed by atoms with E-state index in [-0.39, 0.29) is 17.6 Å². The molecule has 1 saturated carbocycles. The minimum atomic E-state index is 0.127. The lowest BCUT2D eigenvalue weighted by Crippen LogP contribution is -2.27. The Labute approximate surface area is 232 Å². The molecule has 0 radical (unpaired) electrons.